The normalized spacial score (nSPS) is 13.1. The van der Waals surface area contributed by atoms with E-state index in [1.54, 1.807) is 0 Å². The van der Waals surface area contributed by atoms with Crippen LogP contribution in [0.15, 0.2) is 24.3 Å². The number of carboxylic acids is 1. The summed E-state index contributed by atoms with van der Waals surface area (Å²) in [6.45, 7) is 8.79. The number of unbranched alkanes of at least 4 members (excludes halogenated alkanes) is 3. The van der Waals surface area contributed by atoms with E-state index in [1.165, 1.54) is 12.8 Å². The van der Waals surface area contributed by atoms with Crippen LogP contribution in [0.3, 0.4) is 0 Å². The summed E-state index contributed by atoms with van der Waals surface area (Å²) in [6.07, 6.45) is 5.14. The molecule has 1 N–H and O–H groups in total. The summed E-state index contributed by atoms with van der Waals surface area (Å²) in [5, 5.41) is 9.44. The minimum atomic E-state index is -0.727. The summed E-state index contributed by atoms with van der Waals surface area (Å²) in [5.74, 6) is -1.12. The highest BCUT2D eigenvalue weighted by Gasteiger charge is 2.19. The van der Waals surface area contributed by atoms with Crippen LogP contribution < -0.4 is 0 Å². The van der Waals surface area contributed by atoms with Crippen LogP contribution in [0.5, 0.6) is 0 Å². The zero-order valence-corrected chi connectivity index (χ0v) is 14.4. The molecule has 0 heterocycles. The first-order chi connectivity index (χ1) is 10.3. The summed E-state index contributed by atoms with van der Waals surface area (Å²) < 4.78 is 5.74. The van der Waals surface area contributed by atoms with Gasteiger partial charge in [-0.3, -0.25) is 4.79 Å². The summed E-state index contributed by atoms with van der Waals surface area (Å²) in [4.78, 5) is 11.5. The molecule has 3 nitrogen and oxygen atoms in total. The molecular weight excluding hydrogens is 276 g/mol. The Labute approximate surface area is 134 Å². The molecule has 0 radical (unpaired) electrons. The van der Waals surface area contributed by atoms with E-state index >= 15 is 0 Å². The van der Waals surface area contributed by atoms with Crippen molar-refractivity contribution in [3.8, 4) is 0 Å². The van der Waals surface area contributed by atoms with Gasteiger partial charge in [0.05, 0.1) is 18.1 Å². The lowest BCUT2D eigenvalue weighted by atomic mass is 9.92. The Morgan fingerprint density at radius 1 is 1.14 bits per heavy atom. The summed E-state index contributed by atoms with van der Waals surface area (Å²) in [7, 11) is 0. The molecule has 0 aliphatic rings. The van der Waals surface area contributed by atoms with Gasteiger partial charge in [0.15, 0.2) is 0 Å². The molecule has 0 aliphatic carbocycles. The van der Waals surface area contributed by atoms with E-state index in [4.69, 9.17) is 4.74 Å². The van der Waals surface area contributed by atoms with Crippen LogP contribution in [0, 0.1) is 0 Å². The van der Waals surface area contributed by atoms with E-state index in [1.807, 2.05) is 45.0 Å². The Kier molecular flexibility index (Phi) is 7.60. The van der Waals surface area contributed by atoms with Crippen molar-refractivity contribution in [2.45, 2.75) is 77.9 Å². The van der Waals surface area contributed by atoms with Crippen molar-refractivity contribution < 1.29 is 14.6 Å². The molecule has 1 aromatic carbocycles. The monoisotopic (exact) mass is 306 g/mol. The van der Waals surface area contributed by atoms with Gasteiger partial charge in [0.25, 0.3) is 0 Å². The van der Waals surface area contributed by atoms with E-state index in [2.05, 4.69) is 6.92 Å². The summed E-state index contributed by atoms with van der Waals surface area (Å²) >= 11 is 0. The van der Waals surface area contributed by atoms with Crippen molar-refractivity contribution in [3.63, 3.8) is 0 Å². The third-order valence-corrected chi connectivity index (χ3v) is 3.70. The summed E-state index contributed by atoms with van der Waals surface area (Å²) in [6, 6.07) is 7.81. The van der Waals surface area contributed by atoms with Crippen molar-refractivity contribution in [1.29, 1.82) is 0 Å². The third kappa shape index (κ3) is 7.08. The number of ether oxygens (including phenoxy) is 1. The predicted molar refractivity (Wildman–Crippen MR) is 90.1 cm³/mol. The number of carboxylic acid groups (broad SMARTS) is 1. The number of hydrogen-bond acceptors (Lipinski definition) is 2. The van der Waals surface area contributed by atoms with Gasteiger partial charge < -0.3 is 9.84 Å². The van der Waals surface area contributed by atoms with Crippen LogP contribution in [0.25, 0.3) is 0 Å². The quantitative estimate of drug-likeness (QED) is 0.642. The molecule has 0 saturated heterocycles. The fraction of sp³-hybridized carbons (Fsp3) is 0.632. The summed E-state index contributed by atoms with van der Waals surface area (Å²) in [5.41, 5.74) is 1.80. The van der Waals surface area contributed by atoms with Gasteiger partial charge >= 0.3 is 5.97 Å². The molecule has 0 aliphatic heterocycles. The van der Waals surface area contributed by atoms with Gasteiger partial charge in [0.2, 0.25) is 0 Å². The molecule has 0 unspecified atom stereocenters. The number of rotatable bonds is 9. The van der Waals surface area contributed by atoms with E-state index in [0.717, 1.165) is 24.0 Å². The predicted octanol–water partition coefficient (Wildman–Crippen LogP) is 5.14. The van der Waals surface area contributed by atoms with Gasteiger partial charge in [-0.25, -0.2) is 0 Å². The molecule has 3 heteroatoms. The lowest BCUT2D eigenvalue weighted by Crippen LogP contribution is -2.18. The fourth-order valence-electron chi connectivity index (χ4n) is 2.35. The standard InChI is InChI=1S/C19H30O3/c1-5-6-7-8-9-17(18(20)21)16-12-10-15(11-13-16)14-22-19(2,3)4/h10-13,17H,5-9,14H2,1-4H3,(H,20,21)/t17-/m0/s1. The first-order valence-corrected chi connectivity index (χ1v) is 8.29. The van der Waals surface area contributed by atoms with Crippen molar-refractivity contribution in [2.75, 3.05) is 0 Å². The van der Waals surface area contributed by atoms with Crippen LogP contribution in [0.1, 0.15) is 76.8 Å². The number of hydrogen-bond donors (Lipinski definition) is 1. The van der Waals surface area contributed by atoms with Crippen LogP contribution >= 0.6 is 0 Å². The Morgan fingerprint density at radius 2 is 1.77 bits per heavy atom. The number of aliphatic carboxylic acids is 1. The lowest BCUT2D eigenvalue weighted by molar-refractivity contribution is -0.139. The average molecular weight is 306 g/mol. The molecule has 1 rings (SSSR count). The highest BCUT2D eigenvalue weighted by Crippen LogP contribution is 2.24. The van der Waals surface area contributed by atoms with Gasteiger partial charge in [-0.15, -0.1) is 0 Å². The lowest BCUT2D eigenvalue weighted by Gasteiger charge is -2.20. The maximum atomic E-state index is 11.5. The van der Waals surface area contributed by atoms with Crippen LogP contribution in [0.4, 0.5) is 0 Å². The van der Waals surface area contributed by atoms with Gasteiger partial charge in [0.1, 0.15) is 0 Å². The molecule has 0 bridgehead atoms. The van der Waals surface area contributed by atoms with Crippen molar-refractivity contribution in [2.24, 2.45) is 0 Å². The van der Waals surface area contributed by atoms with Crippen molar-refractivity contribution in [1.82, 2.24) is 0 Å². The first-order valence-electron chi connectivity index (χ1n) is 8.29. The molecule has 0 fully saturated rings. The smallest absolute Gasteiger partial charge is 0.310 e. The van der Waals surface area contributed by atoms with E-state index in [-0.39, 0.29) is 5.60 Å². The van der Waals surface area contributed by atoms with Gasteiger partial charge in [-0.1, -0.05) is 56.9 Å². The minimum absolute atomic E-state index is 0.165. The van der Waals surface area contributed by atoms with Crippen LogP contribution in [-0.4, -0.2) is 16.7 Å². The highest BCUT2D eigenvalue weighted by atomic mass is 16.5. The van der Waals surface area contributed by atoms with E-state index in [9.17, 15) is 9.90 Å². The molecule has 22 heavy (non-hydrogen) atoms. The first kappa shape index (κ1) is 18.7. The van der Waals surface area contributed by atoms with Crippen LogP contribution in [0.2, 0.25) is 0 Å². The maximum absolute atomic E-state index is 11.5. The zero-order chi connectivity index (χ0) is 16.6. The second-order valence-electron chi connectivity index (χ2n) is 6.88. The third-order valence-electron chi connectivity index (χ3n) is 3.70. The molecule has 1 atom stereocenters. The Balaban J connectivity index is 2.62. The highest BCUT2D eigenvalue weighted by molar-refractivity contribution is 5.76. The van der Waals surface area contributed by atoms with Crippen molar-refractivity contribution in [3.05, 3.63) is 35.4 Å². The largest absolute Gasteiger partial charge is 0.481 e. The van der Waals surface area contributed by atoms with Gasteiger partial charge in [-0.05, 0) is 38.3 Å². The van der Waals surface area contributed by atoms with E-state index in [0.29, 0.717) is 13.0 Å². The second-order valence-corrected chi connectivity index (χ2v) is 6.88. The topological polar surface area (TPSA) is 46.5 Å². The molecule has 1 aromatic rings. The van der Waals surface area contributed by atoms with Crippen LogP contribution in [-0.2, 0) is 16.1 Å². The Hall–Kier alpha value is -1.35. The zero-order valence-electron chi connectivity index (χ0n) is 14.4. The molecule has 0 amide bonds. The molecule has 0 aromatic heterocycles. The van der Waals surface area contributed by atoms with E-state index < -0.39 is 11.9 Å². The Bertz CT molecular complexity index is 443. The second kappa shape index (κ2) is 8.94. The maximum Gasteiger partial charge on any atom is 0.310 e. The molecule has 0 saturated carbocycles. The molecule has 124 valence electrons. The Morgan fingerprint density at radius 3 is 2.27 bits per heavy atom. The average Bonchev–Trinajstić information content (AvgIpc) is 2.45. The molecule has 0 spiro atoms. The number of carbonyl (C=O) groups is 1. The van der Waals surface area contributed by atoms with Gasteiger partial charge in [-0.2, -0.15) is 0 Å². The SMILES string of the molecule is CCCCCC[C@H](C(=O)O)c1ccc(COC(C)(C)C)cc1. The molecular formula is C19H30O3. The van der Waals surface area contributed by atoms with Crippen molar-refractivity contribution >= 4 is 5.97 Å². The number of benzene rings is 1. The van der Waals surface area contributed by atoms with Gasteiger partial charge in [0, 0.05) is 0 Å². The minimum Gasteiger partial charge on any atom is -0.481 e. The fourth-order valence-corrected chi connectivity index (χ4v) is 2.35.